The van der Waals surface area contributed by atoms with E-state index in [9.17, 15) is 0 Å². The lowest BCUT2D eigenvalue weighted by Crippen LogP contribution is -2.24. The van der Waals surface area contributed by atoms with Crippen LogP contribution in [0.2, 0.25) is 0 Å². The van der Waals surface area contributed by atoms with Crippen molar-refractivity contribution < 1.29 is 0 Å². The van der Waals surface area contributed by atoms with Gasteiger partial charge >= 0.3 is 0 Å². The van der Waals surface area contributed by atoms with Crippen LogP contribution in [-0.2, 0) is 0 Å². The molecule has 1 N–H and O–H groups in total. The molecule has 3 nitrogen and oxygen atoms in total. The van der Waals surface area contributed by atoms with E-state index in [4.69, 9.17) is 0 Å². The fraction of sp³-hybridized carbons (Fsp3) is 0.800. The summed E-state index contributed by atoms with van der Waals surface area (Å²) in [5.74, 6) is 0. The number of nitrogens with one attached hydrogen (secondary N) is 1. The lowest BCUT2D eigenvalue weighted by atomic mass is 10.6. The number of hydrazine groups is 1. The maximum Gasteiger partial charge on any atom is 0.0255 e. The molecule has 48 valence electrons. The molecule has 0 unspecified atom stereocenters. The van der Waals surface area contributed by atoms with Gasteiger partial charge in [0.1, 0.15) is 0 Å². The Hall–Kier alpha value is -0.570. The summed E-state index contributed by atoms with van der Waals surface area (Å²) in [4.78, 5) is 0. The molecule has 0 spiro atoms. The molecule has 0 saturated carbocycles. The predicted molar refractivity (Wildman–Crippen MR) is 35.6 cm³/mol. The predicted octanol–water partition coefficient (Wildman–Crippen LogP) is 0.448. The van der Waals surface area contributed by atoms with Crippen molar-refractivity contribution in [2.24, 2.45) is 5.10 Å². The van der Waals surface area contributed by atoms with E-state index in [0.29, 0.717) is 0 Å². The van der Waals surface area contributed by atoms with E-state index in [-0.39, 0.29) is 0 Å². The molecular weight excluding hydrogens is 102 g/mol. The second-order valence-corrected chi connectivity index (χ2v) is 1.71. The third-order valence-corrected chi connectivity index (χ3v) is 0.532. The van der Waals surface area contributed by atoms with Gasteiger partial charge in [0.2, 0.25) is 0 Å². The molecular formula is C5H13N3. The summed E-state index contributed by atoms with van der Waals surface area (Å²) in [6, 6.07) is 0. The van der Waals surface area contributed by atoms with Crippen molar-refractivity contribution in [3.63, 3.8) is 0 Å². The summed E-state index contributed by atoms with van der Waals surface area (Å²) in [7, 11) is 3.79. The molecule has 0 aromatic heterocycles. The van der Waals surface area contributed by atoms with Crippen LogP contribution < -0.4 is 5.53 Å². The molecule has 0 atom stereocenters. The second-order valence-electron chi connectivity index (χ2n) is 1.71. The SMILES string of the molecule is CC/C=N\NN(C)C. The maximum atomic E-state index is 3.84. The second kappa shape index (κ2) is 4.59. The largest absolute Gasteiger partial charge is 0.241 e. The van der Waals surface area contributed by atoms with Crippen LogP contribution in [0.25, 0.3) is 0 Å². The topological polar surface area (TPSA) is 27.6 Å². The van der Waals surface area contributed by atoms with E-state index >= 15 is 0 Å². The van der Waals surface area contributed by atoms with Crippen molar-refractivity contribution in [1.82, 2.24) is 10.5 Å². The number of hydrogen-bond acceptors (Lipinski definition) is 3. The van der Waals surface area contributed by atoms with Gasteiger partial charge < -0.3 is 0 Å². The van der Waals surface area contributed by atoms with Crippen LogP contribution in [0.15, 0.2) is 5.10 Å². The third kappa shape index (κ3) is 5.43. The Kier molecular flexibility index (Phi) is 4.26. The van der Waals surface area contributed by atoms with Crippen molar-refractivity contribution >= 4 is 6.21 Å². The zero-order chi connectivity index (χ0) is 6.41. The van der Waals surface area contributed by atoms with Gasteiger partial charge in [-0.15, -0.1) is 0 Å². The Morgan fingerprint density at radius 1 is 1.62 bits per heavy atom. The zero-order valence-corrected chi connectivity index (χ0v) is 5.68. The molecule has 0 fully saturated rings. The Morgan fingerprint density at radius 2 is 2.25 bits per heavy atom. The van der Waals surface area contributed by atoms with Crippen molar-refractivity contribution in [2.75, 3.05) is 14.1 Å². The molecule has 0 amide bonds. The Labute approximate surface area is 50.3 Å². The summed E-state index contributed by atoms with van der Waals surface area (Å²) in [6.07, 6.45) is 2.79. The molecule has 0 radical (unpaired) electrons. The van der Waals surface area contributed by atoms with Crippen molar-refractivity contribution in [3.8, 4) is 0 Å². The third-order valence-electron chi connectivity index (χ3n) is 0.532. The fourth-order valence-corrected chi connectivity index (χ4v) is 0.248. The van der Waals surface area contributed by atoms with Crippen molar-refractivity contribution in [1.29, 1.82) is 0 Å². The van der Waals surface area contributed by atoms with Gasteiger partial charge in [-0.05, 0) is 6.42 Å². The molecule has 0 aliphatic heterocycles. The Morgan fingerprint density at radius 3 is 2.62 bits per heavy atom. The molecule has 3 heteroatoms. The Balaban J connectivity index is 3.03. The van der Waals surface area contributed by atoms with E-state index in [1.54, 1.807) is 5.01 Å². The molecule has 0 saturated heterocycles. The van der Waals surface area contributed by atoms with Crippen LogP contribution in [-0.4, -0.2) is 25.3 Å². The van der Waals surface area contributed by atoms with Gasteiger partial charge in [-0.2, -0.15) is 5.10 Å². The lowest BCUT2D eigenvalue weighted by Gasteiger charge is -2.05. The number of hydrogen-bond donors (Lipinski definition) is 1. The van der Waals surface area contributed by atoms with Gasteiger partial charge in [0.25, 0.3) is 0 Å². The van der Waals surface area contributed by atoms with Crippen molar-refractivity contribution in [2.45, 2.75) is 13.3 Å². The molecule has 0 heterocycles. The smallest absolute Gasteiger partial charge is 0.0255 e. The van der Waals surface area contributed by atoms with E-state index in [1.165, 1.54) is 0 Å². The van der Waals surface area contributed by atoms with E-state index in [0.717, 1.165) is 6.42 Å². The summed E-state index contributed by atoms with van der Waals surface area (Å²) in [6.45, 7) is 2.04. The van der Waals surface area contributed by atoms with Crippen LogP contribution in [0.3, 0.4) is 0 Å². The van der Waals surface area contributed by atoms with Gasteiger partial charge in [0, 0.05) is 20.3 Å². The average Bonchev–Trinajstić information content (AvgIpc) is 1.66. The highest BCUT2D eigenvalue weighted by Crippen LogP contribution is 1.66. The standard InChI is InChI=1S/C5H13N3/c1-4-5-6-7-8(2)3/h5,7H,4H2,1-3H3/b6-5-. The highest BCUT2D eigenvalue weighted by Gasteiger charge is 1.75. The van der Waals surface area contributed by atoms with Gasteiger partial charge in [-0.1, -0.05) is 6.92 Å². The minimum absolute atomic E-state index is 0.973. The molecule has 8 heavy (non-hydrogen) atoms. The first-order valence-corrected chi connectivity index (χ1v) is 2.72. The summed E-state index contributed by atoms with van der Waals surface area (Å²) >= 11 is 0. The first-order valence-electron chi connectivity index (χ1n) is 2.72. The van der Waals surface area contributed by atoms with Crippen LogP contribution >= 0.6 is 0 Å². The lowest BCUT2D eigenvalue weighted by molar-refractivity contribution is 0.299. The molecule has 0 bridgehead atoms. The average molecular weight is 115 g/mol. The van der Waals surface area contributed by atoms with E-state index in [2.05, 4.69) is 10.6 Å². The van der Waals surface area contributed by atoms with E-state index in [1.807, 2.05) is 27.2 Å². The summed E-state index contributed by atoms with van der Waals surface area (Å²) < 4.78 is 0. The first kappa shape index (κ1) is 7.43. The highest BCUT2D eigenvalue weighted by molar-refractivity contribution is 5.55. The molecule has 0 aliphatic carbocycles. The monoisotopic (exact) mass is 115 g/mol. The van der Waals surface area contributed by atoms with Crippen LogP contribution in [0, 0.1) is 0 Å². The van der Waals surface area contributed by atoms with Gasteiger partial charge in [-0.25, -0.2) is 10.5 Å². The minimum Gasteiger partial charge on any atom is -0.241 e. The molecule has 0 aliphatic rings. The van der Waals surface area contributed by atoms with Gasteiger partial charge in [0.05, 0.1) is 0 Å². The number of rotatable bonds is 3. The molecule has 0 aromatic rings. The van der Waals surface area contributed by atoms with Crippen molar-refractivity contribution in [3.05, 3.63) is 0 Å². The van der Waals surface area contributed by atoms with Crippen LogP contribution in [0.4, 0.5) is 0 Å². The van der Waals surface area contributed by atoms with Gasteiger partial charge in [0.15, 0.2) is 0 Å². The van der Waals surface area contributed by atoms with Crippen LogP contribution in [0.5, 0.6) is 0 Å². The summed E-state index contributed by atoms with van der Waals surface area (Å²) in [5.41, 5.74) is 2.75. The highest BCUT2D eigenvalue weighted by atomic mass is 15.6. The quantitative estimate of drug-likeness (QED) is 0.427. The molecule has 0 rings (SSSR count). The maximum absolute atomic E-state index is 3.84. The normalized spacial score (nSPS) is 11.0. The van der Waals surface area contributed by atoms with Crippen LogP contribution in [0.1, 0.15) is 13.3 Å². The fourth-order valence-electron chi connectivity index (χ4n) is 0.248. The van der Waals surface area contributed by atoms with Gasteiger partial charge in [-0.3, -0.25) is 0 Å². The Bertz CT molecular complexity index is 68.1. The number of hydrazone groups is 1. The minimum atomic E-state index is 0.973. The number of nitrogens with zero attached hydrogens (tertiary/aromatic N) is 2. The zero-order valence-electron chi connectivity index (χ0n) is 5.68. The summed E-state index contributed by atoms with van der Waals surface area (Å²) in [5, 5.41) is 5.62. The molecule has 0 aromatic carbocycles. The van der Waals surface area contributed by atoms with E-state index < -0.39 is 0 Å². The first-order chi connectivity index (χ1) is 3.77.